The number of fused-ring (bicyclic) bond motifs is 4. The van der Waals surface area contributed by atoms with Crippen LogP contribution < -0.4 is 0 Å². The zero-order valence-corrected chi connectivity index (χ0v) is 38.0. The fourth-order valence-electron chi connectivity index (χ4n) is 7.64. The second kappa shape index (κ2) is 18.0. The van der Waals surface area contributed by atoms with Crippen LogP contribution in [-0.2, 0) is 26.5 Å². The molecule has 0 saturated heterocycles. The van der Waals surface area contributed by atoms with E-state index in [-0.39, 0.29) is 59.1 Å². The summed E-state index contributed by atoms with van der Waals surface area (Å²) >= 11 is 0. The summed E-state index contributed by atoms with van der Waals surface area (Å²) in [5.41, 5.74) is 4.94. The zero-order valence-electron chi connectivity index (χ0n) is 51.6. The van der Waals surface area contributed by atoms with Crippen LogP contribution >= 0.6 is 0 Å². The molecule has 317 valence electrons. The summed E-state index contributed by atoms with van der Waals surface area (Å²) in [6.45, 7) is 2.63. The molecule has 3 aromatic heterocycles. The number of para-hydroxylation sites is 3. The molecule has 9 aromatic rings. The molecule has 0 fully saturated rings. The molecule has 0 spiro atoms. The number of hydrogen-bond acceptors (Lipinski definition) is 3. The van der Waals surface area contributed by atoms with E-state index in [4.69, 9.17) is 28.6 Å². The molecular weight excluding hydrogens is 935 g/mol. The third-order valence-electron chi connectivity index (χ3n) is 10.4. The number of pyridine rings is 1. The average molecular weight is 1010 g/mol. The minimum atomic E-state index is -2.84. The number of aromatic nitrogens is 3. The Labute approximate surface area is 404 Å². The van der Waals surface area contributed by atoms with Crippen molar-refractivity contribution in [2.45, 2.75) is 94.0 Å². The molecule has 0 aliphatic heterocycles. The minimum absolute atomic E-state index is 0. The van der Waals surface area contributed by atoms with Crippen molar-refractivity contribution >= 4 is 33.0 Å². The molecular formula is C57H57IrN3O-2. The summed E-state index contributed by atoms with van der Waals surface area (Å²) in [5, 5.41) is 0.758. The first kappa shape index (κ1) is 28.2. The number of rotatable bonds is 7. The smallest absolute Gasteiger partial charge is 0.124 e. The number of nitrogens with zero attached hydrogens (tertiary/aromatic N) is 3. The molecule has 6 aromatic carbocycles. The molecule has 0 saturated carbocycles. The molecule has 0 atom stereocenters. The van der Waals surface area contributed by atoms with Gasteiger partial charge in [-0.05, 0) is 113 Å². The fraction of sp³-hybridized carbons (Fsp3) is 0.263. The second-order valence-corrected chi connectivity index (χ2v) is 16.6. The Hall–Kier alpha value is -5.61. The quantitative estimate of drug-likeness (QED) is 0.149. The number of benzene rings is 6. The van der Waals surface area contributed by atoms with Crippen LogP contribution in [0.5, 0.6) is 0 Å². The summed E-state index contributed by atoms with van der Waals surface area (Å²) in [4.78, 5) is 9.16. The van der Waals surface area contributed by atoms with Crippen molar-refractivity contribution in [3.05, 3.63) is 173 Å². The van der Waals surface area contributed by atoms with E-state index >= 15 is 0 Å². The van der Waals surface area contributed by atoms with Crippen molar-refractivity contribution in [2.24, 2.45) is 5.41 Å². The molecule has 9 rings (SSSR count). The van der Waals surface area contributed by atoms with E-state index in [1.807, 2.05) is 47.0 Å². The van der Waals surface area contributed by atoms with Gasteiger partial charge < -0.3 is 14.0 Å². The molecule has 5 heteroatoms. The molecule has 0 aliphatic rings. The van der Waals surface area contributed by atoms with Gasteiger partial charge in [0.15, 0.2) is 0 Å². The van der Waals surface area contributed by atoms with Crippen LogP contribution in [0.3, 0.4) is 0 Å². The first-order valence-electron chi connectivity index (χ1n) is 28.1. The Morgan fingerprint density at radius 2 is 1.52 bits per heavy atom. The van der Waals surface area contributed by atoms with Crippen LogP contribution in [0, 0.1) is 45.0 Å². The first-order valence-corrected chi connectivity index (χ1v) is 20.1. The summed E-state index contributed by atoms with van der Waals surface area (Å²) in [7, 11) is 0. The summed E-state index contributed by atoms with van der Waals surface area (Å²) in [6.07, 6.45) is -0.431. The van der Waals surface area contributed by atoms with Gasteiger partial charge in [-0.3, -0.25) is 4.98 Å². The molecule has 0 N–H and O–H groups in total. The average Bonchev–Trinajstić information content (AvgIpc) is 4.05. The fourth-order valence-corrected chi connectivity index (χ4v) is 7.64. The summed E-state index contributed by atoms with van der Waals surface area (Å²) in [6, 6.07) is 38.1. The van der Waals surface area contributed by atoms with Crippen molar-refractivity contribution in [1.82, 2.24) is 14.5 Å². The molecule has 0 unspecified atom stereocenters. The Kier molecular flexibility index (Phi) is 8.18. The van der Waals surface area contributed by atoms with E-state index < -0.39 is 51.0 Å². The van der Waals surface area contributed by atoms with Crippen molar-refractivity contribution in [3.63, 3.8) is 0 Å². The van der Waals surface area contributed by atoms with Crippen molar-refractivity contribution < 1.29 is 46.5 Å². The maximum atomic E-state index is 9.18. The normalized spacial score (nSPS) is 16.9. The van der Waals surface area contributed by atoms with Gasteiger partial charge in [-0.2, -0.15) is 0 Å². The van der Waals surface area contributed by atoms with Crippen LogP contribution in [0.15, 0.2) is 126 Å². The number of hydrogen-bond donors (Lipinski definition) is 0. The van der Waals surface area contributed by atoms with E-state index in [9.17, 15) is 2.74 Å². The maximum Gasteiger partial charge on any atom is 0.124 e. The Morgan fingerprint density at radius 1 is 0.774 bits per heavy atom. The van der Waals surface area contributed by atoms with Crippen LogP contribution in [0.25, 0.3) is 72.4 Å². The van der Waals surface area contributed by atoms with Crippen LogP contribution in [0.4, 0.5) is 0 Å². The van der Waals surface area contributed by atoms with Gasteiger partial charge in [0.2, 0.25) is 0 Å². The molecule has 62 heavy (non-hydrogen) atoms. The third kappa shape index (κ3) is 8.85. The predicted molar refractivity (Wildman–Crippen MR) is 257 cm³/mol. The van der Waals surface area contributed by atoms with Crippen molar-refractivity contribution in [3.8, 4) is 39.5 Å². The van der Waals surface area contributed by atoms with Gasteiger partial charge in [-0.15, -0.1) is 53.6 Å². The van der Waals surface area contributed by atoms with E-state index in [1.54, 1.807) is 97.0 Å². The van der Waals surface area contributed by atoms with Gasteiger partial charge in [-0.25, -0.2) is 0 Å². The second-order valence-electron chi connectivity index (χ2n) is 16.6. The summed E-state index contributed by atoms with van der Waals surface area (Å²) < 4.78 is 140. The minimum Gasteiger partial charge on any atom is -0.500 e. The van der Waals surface area contributed by atoms with Crippen molar-refractivity contribution in [1.29, 1.82) is 0 Å². The van der Waals surface area contributed by atoms with E-state index in [0.29, 0.717) is 72.4 Å². The van der Waals surface area contributed by atoms with Gasteiger partial charge in [0.05, 0.1) is 22.4 Å². The Bertz CT molecular complexity index is 3560. The zero-order chi connectivity index (χ0) is 56.8. The largest absolute Gasteiger partial charge is 0.500 e. The molecule has 3 heterocycles. The Balaban J connectivity index is 0.000000353. The molecule has 0 aliphatic carbocycles. The maximum absolute atomic E-state index is 9.18. The van der Waals surface area contributed by atoms with Gasteiger partial charge in [0.1, 0.15) is 5.58 Å². The molecule has 1 radical (unpaired) electrons. The molecule has 4 nitrogen and oxygen atoms in total. The monoisotopic (exact) mass is 1010 g/mol. The van der Waals surface area contributed by atoms with Gasteiger partial charge in [0, 0.05) is 59.3 Å². The van der Waals surface area contributed by atoms with Gasteiger partial charge in [-0.1, -0.05) is 133 Å². The summed E-state index contributed by atoms with van der Waals surface area (Å²) in [5.74, 6) is -1.78. The number of furan rings is 1. The van der Waals surface area contributed by atoms with Crippen LogP contribution in [0.2, 0.25) is 0 Å². The van der Waals surface area contributed by atoms with E-state index in [2.05, 4.69) is 17.1 Å². The number of imidazole rings is 1. The third-order valence-corrected chi connectivity index (χ3v) is 10.4. The van der Waals surface area contributed by atoms with Crippen LogP contribution in [0.1, 0.15) is 121 Å². The van der Waals surface area contributed by atoms with E-state index in [1.165, 1.54) is 30.5 Å². The topological polar surface area (TPSA) is 43.9 Å². The van der Waals surface area contributed by atoms with Gasteiger partial charge >= 0.3 is 0 Å². The van der Waals surface area contributed by atoms with Crippen LogP contribution in [-0.4, -0.2) is 14.5 Å². The standard InChI is InChI=1S/C44H45N2O.C13H12N.Ir/c1-26(2)32-14-12-15-33(27(3)4)40(32)46-38-19-11-10-18-37(38)45-43(46)35-17-13-16-34-36-24-28(5)39(29(6)41(36)47-42(34)35)31-22-20-30(21-23-31)25-44(7,8)9;1-10-3-6-12(7-4-10)13-8-5-11(2)9-14-13;/h10-16,18-24,26-27H,25H2,1-9H3;3-6,8-9H,1-2H3;/q2*-1;/i5D3,6D3,25D2,26D,27D;1D3,2D3;. The molecule has 0 amide bonds. The first-order chi connectivity index (χ1) is 35.4. The van der Waals surface area contributed by atoms with E-state index in [0.717, 1.165) is 0 Å². The predicted octanol–water partition coefficient (Wildman–Crippen LogP) is 15.7. The van der Waals surface area contributed by atoms with Crippen molar-refractivity contribution in [2.75, 3.05) is 0 Å². The number of aryl methyl sites for hydroxylation is 4. The molecule has 0 bridgehead atoms. The SMILES string of the molecule is [2H]C([2H])([2H])c1c[c-]c(-c2ccc(C([2H])([2H])[2H])cn2)cc1.[2H]C([2H])([2H])c1cc2c(oc3c(-c4nc5ccccc5n4-c4c(C([2H])(C)C)cccc4C([2H])(C)C)[c-]ccc32)c(C([2H])([2H])[2H])c1-c1ccc(C([2H])([2H])C(C)(C)C)cc1.[Ir]. The Morgan fingerprint density at radius 3 is 2.15 bits per heavy atom. The van der Waals surface area contributed by atoms with Gasteiger partial charge in [0.25, 0.3) is 0 Å².